The maximum atomic E-state index is 13.7. The monoisotopic (exact) mass is 550 g/mol. The van der Waals surface area contributed by atoms with Crippen molar-refractivity contribution in [3.8, 4) is 5.75 Å². The summed E-state index contributed by atoms with van der Waals surface area (Å²) >= 11 is 0. The van der Waals surface area contributed by atoms with Gasteiger partial charge in [-0.2, -0.15) is 4.31 Å². The summed E-state index contributed by atoms with van der Waals surface area (Å²) in [4.78, 5) is 26.3. The molecule has 2 aromatic carbocycles. The lowest BCUT2D eigenvalue weighted by Gasteiger charge is -2.30. The molecule has 9 nitrogen and oxygen atoms in total. The van der Waals surface area contributed by atoms with E-state index in [4.69, 9.17) is 4.74 Å². The van der Waals surface area contributed by atoms with Crippen molar-refractivity contribution in [2.75, 3.05) is 44.2 Å². The summed E-state index contributed by atoms with van der Waals surface area (Å²) in [6.07, 6.45) is 2.23. The van der Waals surface area contributed by atoms with Crippen LogP contribution in [0.3, 0.4) is 0 Å². The van der Waals surface area contributed by atoms with Gasteiger partial charge in [-0.3, -0.25) is 9.59 Å². The van der Waals surface area contributed by atoms with E-state index >= 15 is 0 Å². The Hall–Kier alpha value is -2.66. The number of carbonyl (C=O) groups is 2. The van der Waals surface area contributed by atoms with Crippen LogP contribution in [-0.2, 0) is 19.6 Å². The lowest BCUT2D eigenvalue weighted by molar-refractivity contribution is -0.121. The topological polar surface area (TPSA) is 108 Å². The first-order valence-corrected chi connectivity index (χ1v) is 13.9. The van der Waals surface area contributed by atoms with Crippen LogP contribution in [0.2, 0.25) is 0 Å². The summed E-state index contributed by atoms with van der Waals surface area (Å²) in [6, 6.07) is 14.4. The maximum Gasteiger partial charge on any atom is 0.243 e. The number of hydrogen-bond acceptors (Lipinski definition) is 6. The molecule has 2 aromatic rings. The van der Waals surface area contributed by atoms with Crippen molar-refractivity contribution >= 4 is 39.9 Å². The normalized spacial score (nSPS) is 20.1. The molecule has 1 unspecified atom stereocenters. The molecule has 0 saturated carbocycles. The highest BCUT2D eigenvalue weighted by Gasteiger charge is 2.28. The van der Waals surface area contributed by atoms with E-state index in [2.05, 4.69) is 10.6 Å². The molecule has 1 fully saturated rings. The van der Waals surface area contributed by atoms with Gasteiger partial charge in [0.2, 0.25) is 21.8 Å². The third-order valence-corrected chi connectivity index (χ3v) is 8.43. The molecule has 2 heterocycles. The Morgan fingerprint density at radius 1 is 1.00 bits per heavy atom. The number of hydrogen-bond donors (Lipinski definition) is 2. The molecule has 2 aliphatic heterocycles. The van der Waals surface area contributed by atoms with E-state index < -0.39 is 10.0 Å². The number of fused-ring (bicyclic) bond motifs is 1. The van der Waals surface area contributed by atoms with Crippen LogP contribution >= 0.6 is 12.4 Å². The Balaban J connectivity index is 0.00000380. The zero-order valence-electron chi connectivity index (χ0n) is 21.0. The molecule has 0 bridgehead atoms. The molecule has 2 aliphatic rings. The highest BCUT2D eigenvalue weighted by Crippen LogP contribution is 2.34. The Labute approximate surface area is 225 Å². The number of nitrogens with one attached hydrogen (secondary N) is 2. The van der Waals surface area contributed by atoms with Crippen LogP contribution in [-0.4, -0.2) is 63.9 Å². The number of benzene rings is 2. The van der Waals surface area contributed by atoms with Crippen molar-refractivity contribution in [2.45, 2.75) is 43.5 Å². The number of amides is 2. The van der Waals surface area contributed by atoms with E-state index in [9.17, 15) is 18.0 Å². The van der Waals surface area contributed by atoms with E-state index in [0.29, 0.717) is 76.5 Å². The molecular formula is C26H35ClN4O5S. The Bertz CT molecular complexity index is 1180. The largest absolute Gasteiger partial charge is 0.490 e. The van der Waals surface area contributed by atoms with Crippen LogP contribution in [0.15, 0.2) is 53.4 Å². The fraction of sp³-hybridized carbons (Fsp3) is 0.462. The predicted octanol–water partition coefficient (Wildman–Crippen LogP) is 2.87. The standard InChI is InChI=1S/C26H34N4O5S.ClH/c1-20(31)30-16-17-35-25-11-10-22(18-24(25)30)36(33,34)29-14-6-5-12-28-26(32)19-23(27-13-7-15-29)21-8-3-2-4-9-21;/h2-4,8-11,18,23,27H,5-7,12-17,19H2,1H3,(H,28,32);1H. The number of ether oxygens (including phenoxy) is 1. The number of rotatable bonds is 3. The highest BCUT2D eigenvalue weighted by atomic mass is 35.5. The Morgan fingerprint density at radius 3 is 2.51 bits per heavy atom. The van der Waals surface area contributed by atoms with Crippen molar-refractivity contribution in [1.82, 2.24) is 14.9 Å². The summed E-state index contributed by atoms with van der Waals surface area (Å²) in [5.41, 5.74) is 1.51. The number of sulfonamides is 1. The quantitative estimate of drug-likeness (QED) is 0.608. The van der Waals surface area contributed by atoms with Gasteiger partial charge >= 0.3 is 0 Å². The molecule has 4 rings (SSSR count). The van der Waals surface area contributed by atoms with Gasteiger partial charge in [-0.1, -0.05) is 30.3 Å². The van der Waals surface area contributed by atoms with Crippen molar-refractivity contribution < 1.29 is 22.7 Å². The SMILES string of the molecule is CC(=O)N1CCOc2ccc(S(=O)(=O)N3CCCCNC(=O)CC(c4ccccc4)NCCC3)cc21.Cl. The van der Waals surface area contributed by atoms with Crippen molar-refractivity contribution in [2.24, 2.45) is 0 Å². The minimum atomic E-state index is -3.79. The van der Waals surface area contributed by atoms with Gasteiger partial charge in [-0.25, -0.2) is 8.42 Å². The first-order valence-electron chi connectivity index (χ1n) is 12.5. The summed E-state index contributed by atoms with van der Waals surface area (Å²) in [5.74, 6) is 0.330. The van der Waals surface area contributed by atoms with Gasteiger partial charge in [0, 0.05) is 39.0 Å². The summed E-state index contributed by atoms with van der Waals surface area (Å²) in [5, 5.41) is 6.39. The van der Waals surface area contributed by atoms with Crippen LogP contribution in [0.5, 0.6) is 5.75 Å². The summed E-state index contributed by atoms with van der Waals surface area (Å²) in [6.45, 7) is 3.98. The number of anilines is 1. The molecule has 0 spiro atoms. The van der Waals surface area contributed by atoms with Crippen LogP contribution in [0.4, 0.5) is 5.69 Å². The van der Waals surface area contributed by atoms with Crippen molar-refractivity contribution in [3.05, 3.63) is 54.1 Å². The van der Waals surface area contributed by atoms with E-state index in [0.717, 1.165) is 5.56 Å². The molecule has 0 aromatic heterocycles. The number of carbonyl (C=O) groups excluding carboxylic acids is 2. The molecule has 202 valence electrons. The third-order valence-electron chi connectivity index (χ3n) is 6.53. The smallest absolute Gasteiger partial charge is 0.243 e. The van der Waals surface area contributed by atoms with Gasteiger partial charge in [-0.15, -0.1) is 12.4 Å². The number of halogens is 1. The van der Waals surface area contributed by atoms with Gasteiger partial charge in [-0.05, 0) is 49.6 Å². The fourth-order valence-corrected chi connectivity index (χ4v) is 6.15. The Morgan fingerprint density at radius 2 is 1.76 bits per heavy atom. The van der Waals surface area contributed by atoms with E-state index in [1.165, 1.54) is 17.3 Å². The molecule has 2 amide bonds. The zero-order chi connectivity index (χ0) is 25.5. The molecule has 1 saturated heterocycles. The molecule has 0 radical (unpaired) electrons. The molecule has 11 heteroatoms. The first kappa shape index (κ1) is 28.9. The van der Waals surface area contributed by atoms with Gasteiger partial charge in [0.25, 0.3) is 0 Å². The minimum Gasteiger partial charge on any atom is -0.490 e. The molecule has 2 N–H and O–H groups in total. The van der Waals surface area contributed by atoms with Crippen LogP contribution in [0, 0.1) is 0 Å². The summed E-state index contributed by atoms with van der Waals surface area (Å²) < 4.78 is 34.5. The van der Waals surface area contributed by atoms with E-state index in [1.807, 2.05) is 30.3 Å². The second-order valence-electron chi connectivity index (χ2n) is 9.08. The van der Waals surface area contributed by atoms with Crippen LogP contribution < -0.4 is 20.3 Å². The highest BCUT2D eigenvalue weighted by molar-refractivity contribution is 7.89. The second-order valence-corrected chi connectivity index (χ2v) is 11.0. The van der Waals surface area contributed by atoms with E-state index in [1.54, 1.807) is 17.0 Å². The van der Waals surface area contributed by atoms with Gasteiger partial charge < -0.3 is 20.3 Å². The molecular weight excluding hydrogens is 516 g/mol. The molecule has 37 heavy (non-hydrogen) atoms. The van der Waals surface area contributed by atoms with Crippen LogP contribution in [0.25, 0.3) is 0 Å². The summed E-state index contributed by atoms with van der Waals surface area (Å²) in [7, 11) is -3.79. The lowest BCUT2D eigenvalue weighted by Crippen LogP contribution is -2.37. The fourth-order valence-electron chi connectivity index (χ4n) is 4.61. The first-order chi connectivity index (χ1) is 17.4. The van der Waals surface area contributed by atoms with Gasteiger partial charge in [0.1, 0.15) is 12.4 Å². The maximum absolute atomic E-state index is 13.7. The van der Waals surface area contributed by atoms with Gasteiger partial charge in [0.15, 0.2) is 0 Å². The second kappa shape index (κ2) is 13.2. The average molecular weight is 551 g/mol. The van der Waals surface area contributed by atoms with Crippen molar-refractivity contribution in [1.29, 1.82) is 0 Å². The number of nitrogens with zero attached hydrogens (tertiary/aromatic N) is 2. The predicted molar refractivity (Wildman–Crippen MR) is 145 cm³/mol. The lowest BCUT2D eigenvalue weighted by atomic mass is 10.0. The van der Waals surface area contributed by atoms with Crippen LogP contribution in [0.1, 0.15) is 44.2 Å². The molecule has 1 atom stereocenters. The van der Waals surface area contributed by atoms with E-state index in [-0.39, 0.29) is 35.2 Å². The average Bonchev–Trinajstić information content (AvgIpc) is 2.90. The minimum absolute atomic E-state index is 0. The third kappa shape index (κ3) is 7.22. The molecule has 0 aliphatic carbocycles. The van der Waals surface area contributed by atoms with Crippen molar-refractivity contribution in [3.63, 3.8) is 0 Å². The Kier molecular flexibility index (Phi) is 10.3. The van der Waals surface area contributed by atoms with Gasteiger partial charge in [0.05, 0.1) is 17.1 Å². The zero-order valence-corrected chi connectivity index (χ0v) is 22.7.